The van der Waals surface area contributed by atoms with Gasteiger partial charge in [0, 0.05) is 23.4 Å². The number of fused-ring (bicyclic) bond motifs is 1. The van der Waals surface area contributed by atoms with Crippen molar-refractivity contribution in [3.8, 4) is 6.07 Å². The van der Waals surface area contributed by atoms with Crippen molar-refractivity contribution < 1.29 is 14.4 Å². The third-order valence-electron chi connectivity index (χ3n) is 5.93. The smallest absolute Gasteiger partial charge is 0.268 e. The van der Waals surface area contributed by atoms with Crippen LogP contribution in [-0.2, 0) is 9.59 Å². The molecule has 2 aromatic rings. The molecule has 1 aromatic heterocycles. The first-order valence-corrected chi connectivity index (χ1v) is 11.1. The number of nitrogens with zero attached hydrogens (tertiary/aromatic N) is 1. The van der Waals surface area contributed by atoms with Crippen molar-refractivity contribution >= 4 is 28.6 Å². The number of aryl methyl sites for hydroxylation is 2. The average molecular weight is 438 g/mol. The fraction of sp³-hybridized carbons (Fsp3) is 0.500. The molecule has 0 bridgehead atoms. The second-order valence-electron chi connectivity index (χ2n) is 9.03. The Bertz CT molecular complexity index is 1070. The lowest BCUT2D eigenvalue weighted by atomic mass is 9.98. The van der Waals surface area contributed by atoms with Crippen LogP contribution in [0.4, 0.5) is 0 Å². The molecule has 8 heteroatoms. The molecule has 0 spiro atoms. The summed E-state index contributed by atoms with van der Waals surface area (Å²) in [4.78, 5) is 41.0. The van der Waals surface area contributed by atoms with Crippen LogP contribution in [-0.4, -0.2) is 41.3 Å². The summed E-state index contributed by atoms with van der Waals surface area (Å²) in [6, 6.07) is 6.42. The topological polar surface area (TPSA) is 127 Å². The van der Waals surface area contributed by atoms with Crippen LogP contribution in [0, 0.1) is 37.0 Å². The maximum Gasteiger partial charge on any atom is 0.268 e. The predicted octanol–water partition coefficient (Wildman–Crippen LogP) is 2.46. The minimum atomic E-state index is -0.791. The molecule has 8 nitrogen and oxygen atoms in total. The van der Waals surface area contributed by atoms with Gasteiger partial charge in [0.15, 0.2) is 0 Å². The van der Waals surface area contributed by atoms with Gasteiger partial charge in [-0.2, -0.15) is 5.26 Å². The van der Waals surface area contributed by atoms with E-state index in [9.17, 15) is 19.6 Å². The van der Waals surface area contributed by atoms with Gasteiger partial charge in [-0.1, -0.05) is 25.5 Å². The van der Waals surface area contributed by atoms with E-state index in [0.717, 1.165) is 22.0 Å². The summed E-state index contributed by atoms with van der Waals surface area (Å²) >= 11 is 0. The molecule has 1 aliphatic rings. The maximum absolute atomic E-state index is 13.1. The number of amides is 3. The zero-order chi connectivity index (χ0) is 23.4. The molecule has 3 amide bonds. The number of hydrogen-bond acceptors (Lipinski definition) is 4. The highest BCUT2D eigenvalue weighted by Crippen LogP contribution is 2.23. The SMILES string of the molecule is Cc1ccc2[nH]c(C(=O)N[C@@H](CC(C)C)C(=O)N[C@H](C#N)C[C@@H]3CCNC3=O)c(C)c2c1. The number of nitrogens with one attached hydrogen (secondary N) is 4. The Labute approximate surface area is 188 Å². The number of benzene rings is 1. The summed E-state index contributed by atoms with van der Waals surface area (Å²) in [5.41, 5.74) is 3.21. The highest BCUT2D eigenvalue weighted by Gasteiger charge is 2.30. The van der Waals surface area contributed by atoms with Gasteiger partial charge in [-0.3, -0.25) is 14.4 Å². The molecule has 0 saturated carbocycles. The normalized spacial score (nSPS) is 17.6. The number of carbonyl (C=O) groups excluding carboxylic acids is 3. The van der Waals surface area contributed by atoms with Crippen LogP contribution in [0.3, 0.4) is 0 Å². The molecule has 2 heterocycles. The number of carbonyl (C=O) groups is 3. The van der Waals surface area contributed by atoms with Crippen molar-refractivity contribution in [2.45, 2.75) is 59.0 Å². The van der Waals surface area contributed by atoms with E-state index in [2.05, 4.69) is 27.0 Å². The molecular formula is C24H31N5O3. The van der Waals surface area contributed by atoms with Crippen LogP contribution in [0.1, 0.15) is 54.7 Å². The standard InChI is InChI=1S/C24H31N5O3/c1-13(2)9-20(23(31)27-17(12-25)11-16-7-8-26-22(16)30)29-24(32)21-15(4)18-10-14(3)5-6-19(18)28-21/h5-6,10,13,16-17,20,28H,7-9,11H2,1-4H3,(H,26,30)(H,27,31)(H,29,32)/t16-,17-,20-/m0/s1. The van der Waals surface area contributed by atoms with Gasteiger partial charge in [0.1, 0.15) is 17.8 Å². The second kappa shape index (κ2) is 9.86. The molecule has 1 aliphatic heterocycles. The van der Waals surface area contributed by atoms with E-state index in [1.807, 2.05) is 45.9 Å². The van der Waals surface area contributed by atoms with Crippen LogP contribution in [0.5, 0.6) is 0 Å². The molecule has 1 aromatic carbocycles. The minimum absolute atomic E-state index is 0.0870. The summed E-state index contributed by atoms with van der Waals surface area (Å²) in [7, 11) is 0. The molecule has 3 rings (SSSR count). The van der Waals surface area contributed by atoms with Crippen LogP contribution >= 0.6 is 0 Å². The summed E-state index contributed by atoms with van der Waals surface area (Å²) in [5.74, 6) is -0.993. The van der Waals surface area contributed by atoms with Crippen molar-refractivity contribution in [1.29, 1.82) is 5.26 Å². The Balaban J connectivity index is 1.73. The lowest BCUT2D eigenvalue weighted by molar-refractivity contribution is -0.125. The van der Waals surface area contributed by atoms with Crippen LogP contribution in [0.2, 0.25) is 0 Å². The molecule has 1 saturated heterocycles. The first-order chi connectivity index (χ1) is 15.2. The lowest BCUT2D eigenvalue weighted by Crippen LogP contribution is -2.50. The highest BCUT2D eigenvalue weighted by molar-refractivity contribution is 6.02. The molecule has 32 heavy (non-hydrogen) atoms. The Hall–Kier alpha value is -3.34. The fourth-order valence-electron chi connectivity index (χ4n) is 4.17. The van der Waals surface area contributed by atoms with Crippen molar-refractivity contribution in [3.63, 3.8) is 0 Å². The molecule has 3 atom stereocenters. The number of aromatic amines is 1. The summed E-state index contributed by atoms with van der Waals surface area (Å²) in [6.45, 7) is 8.39. The summed E-state index contributed by atoms with van der Waals surface area (Å²) in [6.07, 6.45) is 1.34. The molecule has 1 fully saturated rings. The number of rotatable bonds is 8. The predicted molar refractivity (Wildman–Crippen MR) is 122 cm³/mol. The van der Waals surface area contributed by atoms with Gasteiger partial charge < -0.3 is 20.9 Å². The van der Waals surface area contributed by atoms with E-state index >= 15 is 0 Å². The van der Waals surface area contributed by atoms with Gasteiger partial charge in [0.05, 0.1) is 6.07 Å². The van der Waals surface area contributed by atoms with E-state index in [-0.39, 0.29) is 30.1 Å². The van der Waals surface area contributed by atoms with E-state index in [0.29, 0.717) is 25.1 Å². The van der Waals surface area contributed by atoms with Crippen molar-refractivity contribution in [2.24, 2.45) is 11.8 Å². The van der Waals surface area contributed by atoms with E-state index in [1.165, 1.54) is 0 Å². The Morgan fingerprint density at radius 3 is 2.62 bits per heavy atom. The quantitative estimate of drug-likeness (QED) is 0.506. The number of hydrogen-bond donors (Lipinski definition) is 4. The maximum atomic E-state index is 13.1. The zero-order valence-corrected chi connectivity index (χ0v) is 19.0. The number of aromatic nitrogens is 1. The first kappa shape index (κ1) is 23.3. The van der Waals surface area contributed by atoms with Crippen molar-refractivity contribution in [1.82, 2.24) is 20.9 Å². The summed E-state index contributed by atoms with van der Waals surface area (Å²) in [5, 5.41) is 18.8. The average Bonchev–Trinajstić information content (AvgIpc) is 3.29. The van der Waals surface area contributed by atoms with E-state index in [4.69, 9.17) is 0 Å². The van der Waals surface area contributed by atoms with E-state index < -0.39 is 18.0 Å². The lowest BCUT2D eigenvalue weighted by Gasteiger charge is -2.22. The van der Waals surface area contributed by atoms with Gasteiger partial charge in [-0.15, -0.1) is 0 Å². The Morgan fingerprint density at radius 1 is 1.25 bits per heavy atom. The highest BCUT2D eigenvalue weighted by atomic mass is 16.2. The zero-order valence-electron chi connectivity index (χ0n) is 19.0. The Kier molecular flexibility index (Phi) is 7.18. The molecule has 0 unspecified atom stereocenters. The molecule has 4 N–H and O–H groups in total. The van der Waals surface area contributed by atoms with E-state index in [1.54, 1.807) is 0 Å². The largest absolute Gasteiger partial charge is 0.356 e. The molecule has 0 aliphatic carbocycles. The van der Waals surface area contributed by atoms with Crippen molar-refractivity contribution in [3.05, 3.63) is 35.0 Å². The number of H-pyrrole nitrogens is 1. The van der Waals surface area contributed by atoms with Crippen LogP contribution in [0.25, 0.3) is 10.9 Å². The minimum Gasteiger partial charge on any atom is -0.356 e. The van der Waals surface area contributed by atoms with Gasteiger partial charge in [-0.25, -0.2) is 0 Å². The van der Waals surface area contributed by atoms with Gasteiger partial charge >= 0.3 is 0 Å². The van der Waals surface area contributed by atoms with Crippen LogP contribution < -0.4 is 16.0 Å². The molecule has 0 radical (unpaired) electrons. The van der Waals surface area contributed by atoms with Gasteiger partial charge in [-0.05, 0) is 56.7 Å². The second-order valence-corrected chi connectivity index (χ2v) is 9.03. The van der Waals surface area contributed by atoms with Crippen LogP contribution in [0.15, 0.2) is 18.2 Å². The van der Waals surface area contributed by atoms with Gasteiger partial charge in [0.25, 0.3) is 5.91 Å². The molecular weight excluding hydrogens is 406 g/mol. The van der Waals surface area contributed by atoms with Crippen molar-refractivity contribution in [2.75, 3.05) is 6.54 Å². The van der Waals surface area contributed by atoms with Gasteiger partial charge in [0.2, 0.25) is 11.8 Å². The summed E-state index contributed by atoms with van der Waals surface area (Å²) < 4.78 is 0. The monoisotopic (exact) mass is 437 g/mol. The Morgan fingerprint density at radius 2 is 2.00 bits per heavy atom. The molecule has 170 valence electrons. The fourth-order valence-corrected chi connectivity index (χ4v) is 4.17. The third-order valence-corrected chi connectivity index (χ3v) is 5.93. The third kappa shape index (κ3) is 5.28. The first-order valence-electron chi connectivity index (χ1n) is 11.1. The number of nitriles is 1.